The molecule has 0 aliphatic heterocycles. The van der Waals surface area contributed by atoms with Gasteiger partial charge in [-0.25, -0.2) is 21.6 Å². The minimum Gasteiger partial charge on any atom is -0.494 e. The molecule has 1 aliphatic rings. The Morgan fingerprint density at radius 2 is 1.86 bits per heavy atom. The molecule has 1 fully saturated rings. The molecule has 0 unspecified atom stereocenters. The fourth-order valence-corrected chi connectivity index (χ4v) is 5.64. The van der Waals surface area contributed by atoms with Crippen LogP contribution in [0.4, 0.5) is 18.9 Å². The SMILES string of the molecule is CCCN(c1c(OC)cc(F)c(F)c1Cc1ccc(I)cc1F)S(=O)(=O)C1CC1. The van der Waals surface area contributed by atoms with E-state index < -0.39 is 32.7 Å². The molecule has 0 amide bonds. The Labute approximate surface area is 182 Å². The summed E-state index contributed by atoms with van der Waals surface area (Å²) in [6, 6.07) is 5.26. The summed E-state index contributed by atoms with van der Waals surface area (Å²) in [6.45, 7) is 1.88. The second kappa shape index (κ2) is 8.71. The lowest BCUT2D eigenvalue weighted by Gasteiger charge is -2.28. The van der Waals surface area contributed by atoms with Crippen molar-refractivity contribution in [3.8, 4) is 5.75 Å². The largest absolute Gasteiger partial charge is 0.494 e. The van der Waals surface area contributed by atoms with Gasteiger partial charge in [0.2, 0.25) is 10.0 Å². The van der Waals surface area contributed by atoms with Crippen molar-refractivity contribution >= 4 is 38.3 Å². The Hall–Kier alpha value is -1.49. The van der Waals surface area contributed by atoms with E-state index in [1.54, 1.807) is 13.0 Å². The lowest BCUT2D eigenvalue weighted by molar-refractivity contribution is 0.405. The maximum Gasteiger partial charge on any atom is 0.238 e. The van der Waals surface area contributed by atoms with Crippen molar-refractivity contribution in [3.63, 3.8) is 0 Å². The van der Waals surface area contributed by atoms with Crippen LogP contribution in [0.25, 0.3) is 0 Å². The smallest absolute Gasteiger partial charge is 0.238 e. The Bertz CT molecular complexity index is 1030. The van der Waals surface area contributed by atoms with Crippen LogP contribution in [0.5, 0.6) is 5.75 Å². The molecule has 0 aromatic heterocycles. The number of ether oxygens (including phenoxy) is 1. The van der Waals surface area contributed by atoms with Gasteiger partial charge in [0.15, 0.2) is 11.6 Å². The lowest BCUT2D eigenvalue weighted by atomic mass is 10.0. The minimum atomic E-state index is -3.77. The zero-order valence-electron chi connectivity index (χ0n) is 16.0. The number of hydrogen-bond donors (Lipinski definition) is 0. The molecule has 9 heteroatoms. The van der Waals surface area contributed by atoms with E-state index in [2.05, 4.69) is 0 Å². The van der Waals surface area contributed by atoms with E-state index in [1.807, 2.05) is 22.6 Å². The number of halogens is 4. The van der Waals surface area contributed by atoms with Crippen LogP contribution in [0.2, 0.25) is 0 Å². The molecular formula is C20H21F3INO3S. The highest BCUT2D eigenvalue weighted by molar-refractivity contribution is 14.1. The molecule has 1 saturated carbocycles. The number of benzene rings is 2. The fraction of sp³-hybridized carbons (Fsp3) is 0.400. The number of sulfonamides is 1. The zero-order chi connectivity index (χ0) is 21.3. The molecule has 4 nitrogen and oxygen atoms in total. The summed E-state index contributed by atoms with van der Waals surface area (Å²) in [6.07, 6.45) is 1.20. The van der Waals surface area contributed by atoms with Gasteiger partial charge in [-0.15, -0.1) is 0 Å². The van der Waals surface area contributed by atoms with Crippen LogP contribution in [-0.4, -0.2) is 27.3 Å². The Morgan fingerprint density at radius 1 is 1.17 bits per heavy atom. The highest BCUT2D eigenvalue weighted by atomic mass is 127. The third kappa shape index (κ3) is 4.50. The molecule has 0 radical (unpaired) electrons. The first kappa shape index (κ1) is 22.2. The third-order valence-electron chi connectivity index (χ3n) is 4.78. The van der Waals surface area contributed by atoms with Crippen LogP contribution >= 0.6 is 22.6 Å². The van der Waals surface area contributed by atoms with Gasteiger partial charge in [0, 0.05) is 28.2 Å². The number of anilines is 1. The molecule has 0 heterocycles. The lowest BCUT2D eigenvalue weighted by Crippen LogP contribution is -2.36. The van der Waals surface area contributed by atoms with Gasteiger partial charge in [-0.2, -0.15) is 0 Å². The molecule has 0 bridgehead atoms. The first-order valence-corrected chi connectivity index (χ1v) is 11.8. The number of nitrogens with zero attached hydrogens (tertiary/aromatic N) is 1. The Kier molecular flexibility index (Phi) is 6.67. The van der Waals surface area contributed by atoms with Crippen LogP contribution in [0.15, 0.2) is 24.3 Å². The minimum absolute atomic E-state index is 0.0573. The summed E-state index contributed by atoms with van der Waals surface area (Å²) in [5.41, 5.74) is -0.156. The third-order valence-corrected chi connectivity index (χ3v) is 7.75. The molecule has 158 valence electrons. The molecule has 2 aromatic rings. The van der Waals surface area contributed by atoms with Crippen LogP contribution in [-0.2, 0) is 16.4 Å². The van der Waals surface area contributed by atoms with E-state index in [0.29, 0.717) is 22.8 Å². The molecule has 2 aromatic carbocycles. The van der Waals surface area contributed by atoms with E-state index in [9.17, 15) is 21.6 Å². The molecular weight excluding hydrogens is 518 g/mol. The van der Waals surface area contributed by atoms with Crippen LogP contribution < -0.4 is 9.04 Å². The van der Waals surface area contributed by atoms with Gasteiger partial charge in [0.05, 0.1) is 12.4 Å². The average Bonchev–Trinajstić information content (AvgIpc) is 3.51. The highest BCUT2D eigenvalue weighted by Crippen LogP contribution is 2.42. The van der Waals surface area contributed by atoms with Gasteiger partial charge in [-0.05, 0) is 59.5 Å². The van der Waals surface area contributed by atoms with Gasteiger partial charge < -0.3 is 4.74 Å². The van der Waals surface area contributed by atoms with E-state index in [0.717, 1.165) is 10.4 Å². The molecule has 0 saturated heterocycles. The van der Waals surface area contributed by atoms with Gasteiger partial charge in [-0.1, -0.05) is 13.0 Å². The summed E-state index contributed by atoms with van der Waals surface area (Å²) in [7, 11) is -2.50. The molecule has 0 atom stereocenters. The zero-order valence-corrected chi connectivity index (χ0v) is 19.0. The maximum atomic E-state index is 14.9. The summed E-state index contributed by atoms with van der Waals surface area (Å²) in [4.78, 5) is 0. The predicted molar refractivity (Wildman–Crippen MR) is 114 cm³/mol. The van der Waals surface area contributed by atoms with Crippen molar-refractivity contribution in [2.75, 3.05) is 18.0 Å². The normalized spacial score (nSPS) is 14.1. The molecule has 29 heavy (non-hydrogen) atoms. The van der Waals surface area contributed by atoms with E-state index in [4.69, 9.17) is 4.74 Å². The van der Waals surface area contributed by atoms with Crippen molar-refractivity contribution in [2.24, 2.45) is 0 Å². The number of rotatable bonds is 8. The second-order valence-electron chi connectivity index (χ2n) is 6.93. The van der Waals surface area contributed by atoms with Gasteiger partial charge in [0.1, 0.15) is 17.3 Å². The summed E-state index contributed by atoms with van der Waals surface area (Å²) >= 11 is 1.95. The van der Waals surface area contributed by atoms with Crippen LogP contribution in [0.1, 0.15) is 37.3 Å². The van der Waals surface area contributed by atoms with E-state index >= 15 is 0 Å². The van der Waals surface area contributed by atoms with Crippen LogP contribution in [0, 0.1) is 21.0 Å². The molecule has 0 N–H and O–H groups in total. The number of hydrogen-bond acceptors (Lipinski definition) is 3. The van der Waals surface area contributed by atoms with Gasteiger partial charge >= 0.3 is 0 Å². The summed E-state index contributed by atoms with van der Waals surface area (Å²) in [5, 5.41) is -0.547. The quantitative estimate of drug-likeness (QED) is 0.443. The maximum absolute atomic E-state index is 14.9. The van der Waals surface area contributed by atoms with Crippen molar-refractivity contribution < 1.29 is 26.3 Å². The van der Waals surface area contributed by atoms with Crippen molar-refractivity contribution in [1.29, 1.82) is 0 Å². The monoisotopic (exact) mass is 539 g/mol. The summed E-state index contributed by atoms with van der Waals surface area (Å²) < 4.78 is 76.7. The first-order valence-electron chi connectivity index (χ1n) is 9.21. The van der Waals surface area contributed by atoms with Gasteiger partial charge in [0.25, 0.3) is 0 Å². The number of methoxy groups -OCH3 is 1. The average molecular weight is 539 g/mol. The molecule has 3 rings (SSSR count). The first-order chi connectivity index (χ1) is 13.7. The van der Waals surface area contributed by atoms with Gasteiger partial charge in [-0.3, -0.25) is 4.31 Å². The predicted octanol–water partition coefficient (Wildman–Crippen LogP) is 5.02. The second-order valence-corrected chi connectivity index (χ2v) is 10.3. The Morgan fingerprint density at radius 3 is 2.41 bits per heavy atom. The summed E-state index contributed by atoms with van der Waals surface area (Å²) in [5.74, 6) is -3.04. The topological polar surface area (TPSA) is 46.6 Å². The van der Waals surface area contributed by atoms with Crippen molar-refractivity contribution in [1.82, 2.24) is 0 Å². The van der Waals surface area contributed by atoms with Crippen molar-refractivity contribution in [3.05, 3.63) is 56.4 Å². The highest BCUT2D eigenvalue weighted by Gasteiger charge is 2.42. The van der Waals surface area contributed by atoms with Crippen molar-refractivity contribution in [2.45, 2.75) is 37.9 Å². The fourth-order valence-electron chi connectivity index (χ4n) is 3.20. The molecule has 1 aliphatic carbocycles. The van der Waals surface area contributed by atoms with Crippen LogP contribution in [0.3, 0.4) is 0 Å². The standard InChI is InChI=1S/C20H21F3INO3S/c1-3-8-25(29(26,27)14-6-7-14)20-15(19(23)17(22)11-18(20)28-2)9-12-4-5-13(24)10-16(12)21/h4-5,10-11,14H,3,6-9H2,1-2H3. The Balaban J connectivity index is 2.22. The van der Waals surface area contributed by atoms with E-state index in [1.165, 1.54) is 19.2 Å². The van der Waals surface area contributed by atoms with E-state index in [-0.39, 0.29) is 35.5 Å². The molecule has 0 spiro atoms.